The number of unbranched alkanes of at least 4 members (excludes halogenated alkanes) is 7. The summed E-state index contributed by atoms with van der Waals surface area (Å²) >= 11 is 0. The van der Waals surface area contributed by atoms with Crippen LogP contribution in [-0.4, -0.2) is 217 Å². The molecule has 28 nitrogen and oxygen atoms in total. The number of hydrogen-bond donors (Lipinski definition) is 14. The molecular weight excluding hydrogens is 1090 g/mol. The Hall–Kier alpha value is -6.08. The largest absolute Gasteiger partial charge is 0.508 e. The summed E-state index contributed by atoms with van der Waals surface area (Å²) in [6.45, 7) is 4.32. The lowest BCUT2D eigenvalue weighted by Crippen LogP contribution is -2.63. The molecule has 81 heavy (non-hydrogen) atoms. The van der Waals surface area contributed by atoms with Crippen LogP contribution in [0.3, 0.4) is 0 Å². The minimum Gasteiger partial charge on any atom is -0.508 e. The molecule has 3 aliphatic heterocycles. The van der Waals surface area contributed by atoms with Crippen molar-refractivity contribution in [3.8, 4) is 5.75 Å². The van der Waals surface area contributed by atoms with Gasteiger partial charge in [0.2, 0.25) is 35.4 Å². The van der Waals surface area contributed by atoms with Crippen molar-refractivity contribution in [3.63, 3.8) is 0 Å². The predicted molar refractivity (Wildman–Crippen MR) is 285 cm³/mol. The molecular formula is C52H82N8O20S. The van der Waals surface area contributed by atoms with Gasteiger partial charge in [-0.25, -0.2) is 13.2 Å². The van der Waals surface area contributed by atoms with Gasteiger partial charge < -0.3 is 82.0 Å². The Bertz CT molecular complexity index is 2450. The van der Waals surface area contributed by atoms with Crippen molar-refractivity contribution in [3.05, 3.63) is 29.8 Å². The number of benzene rings is 1. The molecule has 29 heteroatoms. The number of imide groups is 1. The van der Waals surface area contributed by atoms with Gasteiger partial charge in [-0.05, 0) is 37.0 Å². The second-order valence-electron chi connectivity index (χ2n) is 21.4. The number of amides is 9. The SMILES string of the molecule is CCC(C)CCCCCCCCCCC(=O)N[C@H]1C[C@@H](O)[C@@H](S(=O)(=O)CC(=O)OC)NC(=O)C2[C@@H](O)[C@@H](C)CN2C(=O)C(CO)NC(=O)C([C@H](O)C(O)c2ccc(O)cc2)NC(=O)NC(=O)[C@@H]2C[C@@H](O)CN2C(=O)[C@H]([C@@H](C)O)NC1=O. The summed E-state index contributed by atoms with van der Waals surface area (Å²) in [7, 11) is -4.33. The van der Waals surface area contributed by atoms with E-state index in [1.807, 2.05) is 16.0 Å². The van der Waals surface area contributed by atoms with Gasteiger partial charge in [0, 0.05) is 38.3 Å². The maximum atomic E-state index is 14.4. The van der Waals surface area contributed by atoms with Gasteiger partial charge in [0.05, 0.1) is 38.1 Å². The third-order valence-electron chi connectivity index (χ3n) is 14.9. The van der Waals surface area contributed by atoms with Crippen molar-refractivity contribution in [2.45, 2.75) is 189 Å². The lowest BCUT2D eigenvalue weighted by atomic mass is 9.97. The highest BCUT2D eigenvalue weighted by Crippen LogP contribution is 2.28. The molecule has 5 unspecified atom stereocenters. The summed E-state index contributed by atoms with van der Waals surface area (Å²) in [5.74, 6) is -12.6. The predicted octanol–water partition coefficient (Wildman–Crippen LogP) is -3.28. The number of fused-ring (bicyclic) bond motifs is 2. The van der Waals surface area contributed by atoms with Crippen molar-refractivity contribution < 1.29 is 97.2 Å². The average Bonchev–Trinajstić information content (AvgIpc) is 4.04. The molecule has 0 radical (unpaired) electrons. The minimum atomic E-state index is -5.16. The molecule has 0 saturated carbocycles. The summed E-state index contributed by atoms with van der Waals surface area (Å²) in [6.07, 6.45) is -4.84. The maximum absolute atomic E-state index is 14.4. The molecule has 0 bridgehead atoms. The van der Waals surface area contributed by atoms with E-state index < -0.39 is 186 Å². The molecule has 3 fully saturated rings. The number of sulfone groups is 1. The number of urea groups is 1. The second-order valence-corrected chi connectivity index (χ2v) is 23.5. The highest BCUT2D eigenvalue weighted by Gasteiger charge is 2.50. The number of nitrogens with one attached hydrogen (secondary N) is 6. The van der Waals surface area contributed by atoms with Crippen molar-refractivity contribution in [1.29, 1.82) is 0 Å². The van der Waals surface area contributed by atoms with E-state index in [0.717, 1.165) is 89.7 Å². The third-order valence-corrected chi connectivity index (χ3v) is 16.8. The zero-order chi connectivity index (χ0) is 60.5. The smallest absolute Gasteiger partial charge is 0.322 e. The van der Waals surface area contributed by atoms with Crippen LogP contribution in [0.5, 0.6) is 5.75 Å². The van der Waals surface area contributed by atoms with Crippen LogP contribution >= 0.6 is 0 Å². The van der Waals surface area contributed by atoms with Gasteiger partial charge >= 0.3 is 12.0 Å². The van der Waals surface area contributed by atoms with E-state index in [1.165, 1.54) is 6.92 Å². The number of rotatable bonds is 21. The number of methoxy groups -OCH3 is 1. The van der Waals surface area contributed by atoms with Gasteiger partial charge in [-0.3, -0.25) is 43.7 Å². The van der Waals surface area contributed by atoms with Crippen LogP contribution in [0.4, 0.5) is 4.79 Å². The van der Waals surface area contributed by atoms with E-state index in [-0.39, 0.29) is 17.7 Å². The highest BCUT2D eigenvalue weighted by molar-refractivity contribution is 7.92. The molecule has 9 amide bonds. The molecule has 4 rings (SSSR count). The molecule has 3 aliphatic rings. The van der Waals surface area contributed by atoms with Crippen LogP contribution < -0.4 is 31.9 Å². The standard InChI is InChI=1S/C52H82N8O20S/c1-6-27(2)15-13-11-9-7-8-10-12-14-16-37(66)53-33-22-36(65)49(81(78,79)26-38(67)80-5)57-48(74)41-42(68)28(3)23-60(41)50(75)34(25-61)54-47(73)40(44(70)43(69)30-17-19-31(63)20-18-30)56-52(77)58-46(72)35-21-32(64)24-59(35)51(76)39(29(4)62)55-45(33)71/h17-20,27-29,32-36,39-44,49,61-65,68-70H,6-16,21-26H2,1-5H3,(H,53,66)(H,54,73)(H,55,71)(H,57,74)(H2,56,58,72,77)/t27?,28-,29+,32+,33-,34?,35-,36+,39-,40?,41?,42-,43?,44-,49+/m0/s1. The van der Waals surface area contributed by atoms with Crippen LogP contribution in [0.25, 0.3) is 0 Å². The van der Waals surface area contributed by atoms with E-state index in [9.17, 15) is 92.4 Å². The van der Waals surface area contributed by atoms with Crippen molar-refractivity contribution >= 4 is 63.2 Å². The second kappa shape index (κ2) is 31.4. The molecule has 0 spiro atoms. The third kappa shape index (κ3) is 19.0. The Balaban J connectivity index is 1.78. The number of phenols is 1. The lowest BCUT2D eigenvalue weighted by molar-refractivity contribution is -0.145. The quantitative estimate of drug-likeness (QED) is 0.0424. The number of aliphatic hydroxyl groups excluding tert-OH is 7. The number of phenolic OH excluding ortho intramolecular Hbond substituents is 1. The normalized spacial score (nSPS) is 28.2. The molecule has 3 heterocycles. The zero-order valence-corrected chi connectivity index (χ0v) is 47.1. The molecule has 15 atom stereocenters. The van der Waals surface area contributed by atoms with Gasteiger partial charge in [-0.15, -0.1) is 0 Å². The molecule has 1 aromatic rings. The number of carbonyl (C=O) groups excluding carboxylic acids is 9. The van der Waals surface area contributed by atoms with Crippen molar-refractivity contribution in [2.24, 2.45) is 11.8 Å². The Morgan fingerprint density at radius 3 is 1.98 bits per heavy atom. The van der Waals surface area contributed by atoms with Gasteiger partial charge in [-0.1, -0.05) is 90.7 Å². The van der Waals surface area contributed by atoms with Crippen LogP contribution in [0, 0.1) is 11.8 Å². The fourth-order valence-corrected chi connectivity index (χ4v) is 11.4. The van der Waals surface area contributed by atoms with Gasteiger partial charge in [-0.2, -0.15) is 0 Å². The number of hydrogen-bond acceptors (Lipinski definition) is 20. The first kappa shape index (κ1) is 67.4. The number of aromatic hydroxyl groups is 1. The number of esters is 1. The fourth-order valence-electron chi connectivity index (χ4n) is 9.92. The van der Waals surface area contributed by atoms with Gasteiger partial charge in [0.1, 0.15) is 60.0 Å². The molecule has 0 aliphatic carbocycles. The summed E-state index contributed by atoms with van der Waals surface area (Å²) in [5.41, 5.74) is -0.141. The highest BCUT2D eigenvalue weighted by atomic mass is 32.2. The summed E-state index contributed by atoms with van der Waals surface area (Å²) < 4.78 is 32.7. The number of carbonyl (C=O) groups is 9. The summed E-state index contributed by atoms with van der Waals surface area (Å²) in [6, 6.07) is -9.52. The summed E-state index contributed by atoms with van der Waals surface area (Å²) in [5, 5.41) is 98.0. The number of aliphatic hydroxyl groups is 7. The van der Waals surface area contributed by atoms with Crippen LogP contribution in [0.1, 0.15) is 123 Å². The summed E-state index contributed by atoms with van der Waals surface area (Å²) in [4.78, 5) is 127. The number of ether oxygens (including phenoxy) is 1. The Kier molecular flexibility index (Phi) is 26.1. The topological polar surface area (TPSA) is 437 Å². The van der Waals surface area contributed by atoms with Gasteiger partial charge in [0.25, 0.3) is 5.91 Å². The maximum Gasteiger partial charge on any atom is 0.322 e. The average molecular weight is 1170 g/mol. The first-order valence-electron chi connectivity index (χ1n) is 27.3. The number of nitrogens with zero attached hydrogens (tertiary/aromatic N) is 2. The van der Waals surface area contributed by atoms with E-state index in [2.05, 4.69) is 34.5 Å². The Morgan fingerprint density at radius 1 is 0.765 bits per heavy atom. The lowest BCUT2D eigenvalue weighted by Gasteiger charge is -2.33. The Labute approximate surface area is 470 Å². The minimum absolute atomic E-state index is 0.141. The monoisotopic (exact) mass is 1170 g/mol. The van der Waals surface area contributed by atoms with Gasteiger partial charge in [0.15, 0.2) is 15.2 Å². The van der Waals surface area contributed by atoms with E-state index >= 15 is 0 Å². The zero-order valence-electron chi connectivity index (χ0n) is 46.3. The molecule has 456 valence electrons. The van der Waals surface area contributed by atoms with Crippen molar-refractivity contribution in [1.82, 2.24) is 41.7 Å². The van der Waals surface area contributed by atoms with Crippen LogP contribution in [0.2, 0.25) is 0 Å². The van der Waals surface area contributed by atoms with E-state index in [1.54, 1.807) is 0 Å². The van der Waals surface area contributed by atoms with E-state index in [0.29, 0.717) is 28.6 Å². The van der Waals surface area contributed by atoms with E-state index in [4.69, 9.17) is 0 Å². The Morgan fingerprint density at radius 2 is 1.38 bits per heavy atom. The van der Waals surface area contributed by atoms with Crippen molar-refractivity contribution in [2.75, 3.05) is 32.6 Å². The molecule has 14 N–H and O–H groups in total. The molecule has 1 aromatic carbocycles. The first-order valence-corrected chi connectivity index (χ1v) is 29.1. The van der Waals surface area contributed by atoms with Crippen LogP contribution in [0.15, 0.2) is 24.3 Å². The fraction of sp³-hybridized carbons (Fsp3) is 0.712. The molecule has 3 saturated heterocycles. The van der Waals surface area contributed by atoms with Crippen LogP contribution in [-0.2, 0) is 52.9 Å². The molecule has 0 aromatic heterocycles. The first-order chi connectivity index (χ1) is 38.1.